The molecule has 0 saturated heterocycles. The van der Waals surface area contributed by atoms with Crippen LogP contribution in [-0.2, 0) is 4.74 Å². The molecule has 1 unspecified atom stereocenters. The topological polar surface area (TPSA) is 49.7 Å². The summed E-state index contributed by atoms with van der Waals surface area (Å²) in [6.07, 6.45) is 10.9. The highest BCUT2D eigenvalue weighted by Gasteiger charge is 2.21. The molecule has 1 aliphatic rings. The van der Waals surface area contributed by atoms with Crippen molar-refractivity contribution in [1.82, 2.24) is 0 Å². The van der Waals surface area contributed by atoms with Gasteiger partial charge in [-0.2, -0.15) is 0 Å². The van der Waals surface area contributed by atoms with Gasteiger partial charge in [-0.1, -0.05) is 37.1 Å². The molecule has 0 aliphatic heterocycles. The summed E-state index contributed by atoms with van der Waals surface area (Å²) in [5.41, 5.74) is 1.23. The Hall–Kier alpha value is -0.640. The van der Waals surface area contributed by atoms with Crippen molar-refractivity contribution in [3.63, 3.8) is 0 Å². The van der Waals surface area contributed by atoms with Crippen LogP contribution >= 0.6 is 0 Å². The van der Waals surface area contributed by atoms with Crippen LogP contribution < -0.4 is 0 Å². The lowest BCUT2D eigenvalue weighted by Gasteiger charge is -2.23. The van der Waals surface area contributed by atoms with E-state index in [1.54, 1.807) is 7.11 Å². The number of ether oxygens (including phenoxy) is 1. The van der Waals surface area contributed by atoms with Gasteiger partial charge in [-0.25, -0.2) is 0 Å². The van der Waals surface area contributed by atoms with E-state index in [2.05, 4.69) is 19.1 Å². The van der Waals surface area contributed by atoms with E-state index in [1.807, 2.05) is 13.0 Å². The molecule has 0 bridgehead atoms. The van der Waals surface area contributed by atoms with Crippen LogP contribution in [0, 0.1) is 5.92 Å². The van der Waals surface area contributed by atoms with Crippen LogP contribution in [0.25, 0.3) is 0 Å². The van der Waals surface area contributed by atoms with Crippen LogP contribution in [0.4, 0.5) is 0 Å². The first kappa shape index (κ1) is 17.4. The third kappa shape index (κ3) is 6.21. The Morgan fingerprint density at radius 2 is 1.95 bits per heavy atom. The first-order valence-electron chi connectivity index (χ1n) is 7.77. The van der Waals surface area contributed by atoms with Crippen molar-refractivity contribution >= 4 is 0 Å². The third-order valence-corrected chi connectivity index (χ3v) is 4.05. The second-order valence-corrected chi connectivity index (χ2v) is 5.97. The summed E-state index contributed by atoms with van der Waals surface area (Å²) in [7, 11) is 1.64. The average Bonchev–Trinajstić information content (AvgIpc) is 2.43. The van der Waals surface area contributed by atoms with Crippen LogP contribution in [0.5, 0.6) is 0 Å². The summed E-state index contributed by atoms with van der Waals surface area (Å²) in [4.78, 5) is 0. The summed E-state index contributed by atoms with van der Waals surface area (Å²) < 4.78 is 5.38. The van der Waals surface area contributed by atoms with Gasteiger partial charge in [0, 0.05) is 13.0 Å². The fourth-order valence-corrected chi connectivity index (χ4v) is 2.67. The van der Waals surface area contributed by atoms with E-state index in [9.17, 15) is 10.2 Å². The Morgan fingerprint density at radius 1 is 1.20 bits per heavy atom. The molecule has 116 valence electrons. The van der Waals surface area contributed by atoms with Crippen LogP contribution in [0.15, 0.2) is 23.8 Å². The molecule has 1 rings (SSSR count). The third-order valence-electron chi connectivity index (χ3n) is 4.05. The van der Waals surface area contributed by atoms with Gasteiger partial charge in [0.15, 0.2) is 0 Å². The fourth-order valence-electron chi connectivity index (χ4n) is 2.67. The first-order valence-corrected chi connectivity index (χ1v) is 7.77. The molecule has 3 nitrogen and oxygen atoms in total. The summed E-state index contributed by atoms with van der Waals surface area (Å²) in [6, 6.07) is 0. The molecule has 0 fully saturated rings. The molecule has 4 atom stereocenters. The number of hydrogen-bond acceptors (Lipinski definition) is 3. The minimum absolute atomic E-state index is 0.0460. The molecule has 0 aromatic heterocycles. The Kier molecular flexibility index (Phi) is 8.12. The summed E-state index contributed by atoms with van der Waals surface area (Å²) in [6.45, 7) is 4.08. The number of rotatable bonds is 1. The Morgan fingerprint density at radius 3 is 2.65 bits per heavy atom. The van der Waals surface area contributed by atoms with Gasteiger partial charge in [-0.15, -0.1) is 0 Å². The Bertz CT molecular complexity index is 322. The number of aliphatic hydroxyl groups excluding tert-OH is 2. The maximum absolute atomic E-state index is 10.3. The molecule has 2 N–H and O–H groups in total. The van der Waals surface area contributed by atoms with Gasteiger partial charge in [0.05, 0.1) is 12.2 Å². The van der Waals surface area contributed by atoms with Gasteiger partial charge in [-0.05, 0) is 39.0 Å². The Balaban J connectivity index is 2.76. The van der Waals surface area contributed by atoms with Crippen LogP contribution in [0.2, 0.25) is 0 Å². The van der Waals surface area contributed by atoms with Crippen molar-refractivity contribution < 1.29 is 14.9 Å². The smallest absolute Gasteiger partial charge is 0.102 e. The van der Waals surface area contributed by atoms with E-state index in [4.69, 9.17) is 4.74 Å². The lowest BCUT2D eigenvalue weighted by Crippen LogP contribution is -2.31. The fraction of sp³-hybridized carbons (Fsp3) is 0.765. The molecule has 0 heterocycles. The summed E-state index contributed by atoms with van der Waals surface area (Å²) in [5.74, 6) is 0.0460. The molecule has 0 radical (unpaired) electrons. The van der Waals surface area contributed by atoms with Gasteiger partial charge in [0.2, 0.25) is 0 Å². The lowest BCUT2D eigenvalue weighted by atomic mass is 9.94. The summed E-state index contributed by atoms with van der Waals surface area (Å²) in [5, 5.41) is 20.3. The number of hydrogen-bond donors (Lipinski definition) is 2. The van der Waals surface area contributed by atoms with Crippen molar-refractivity contribution in [2.75, 3.05) is 7.11 Å². The molecule has 20 heavy (non-hydrogen) atoms. The predicted molar refractivity (Wildman–Crippen MR) is 82.6 cm³/mol. The van der Waals surface area contributed by atoms with E-state index >= 15 is 0 Å². The van der Waals surface area contributed by atoms with Gasteiger partial charge in [0.25, 0.3) is 0 Å². The van der Waals surface area contributed by atoms with E-state index < -0.39 is 6.10 Å². The minimum Gasteiger partial charge on any atom is -0.393 e. The highest BCUT2D eigenvalue weighted by atomic mass is 16.5. The highest BCUT2D eigenvalue weighted by Crippen LogP contribution is 2.19. The molecule has 0 saturated carbocycles. The first-order chi connectivity index (χ1) is 9.54. The molecule has 0 amide bonds. The van der Waals surface area contributed by atoms with Crippen molar-refractivity contribution in [3.8, 4) is 0 Å². The summed E-state index contributed by atoms with van der Waals surface area (Å²) >= 11 is 0. The van der Waals surface area contributed by atoms with E-state index in [0.717, 1.165) is 38.5 Å². The largest absolute Gasteiger partial charge is 0.393 e. The minimum atomic E-state index is -0.529. The van der Waals surface area contributed by atoms with Gasteiger partial charge < -0.3 is 14.9 Å². The van der Waals surface area contributed by atoms with Crippen molar-refractivity contribution in [3.05, 3.63) is 23.8 Å². The number of allylic oxidation sites excluding steroid dienone is 2. The van der Waals surface area contributed by atoms with Crippen LogP contribution in [-0.4, -0.2) is 35.6 Å². The highest BCUT2D eigenvalue weighted by molar-refractivity contribution is 5.05. The van der Waals surface area contributed by atoms with Gasteiger partial charge in [0.1, 0.15) is 6.10 Å². The van der Waals surface area contributed by atoms with E-state index in [1.165, 1.54) is 5.57 Å². The average molecular weight is 282 g/mol. The molecule has 0 spiro atoms. The SMILES string of the molecule is CO[C@H]1C=CCCCCC(O)CCC(C)=C[C@@H](C)[C@@H]1O. The molecule has 3 heteroatoms. The van der Waals surface area contributed by atoms with E-state index in [0.29, 0.717) is 0 Å². The van der Waals surface area contributed by atoms with E-state index in [-0.39, 0.29) is 18.1 Å². The maximum atomic E-state index is 10.3. The van der Waals surface area contributed by atoms with Crippen molar-refractivity contribution in [1.29, 1.82) is 0 Å². The van der Waals surface area contributed by atoms with Gasteiger partial charge in [-0.3, -0.25) is 0 Å². The second kappa shape index (κ2) is 9.32. The molecular weight excluding hydrogens is 252 g/mol. The zero-order chi connectivity index (χ0) is 15.0. The zero-order valence-corrected chi connectivity index (χ0v) is 13.1. The zero-order valence-electron chi connectivity index (χ0n) is 13.1. The van der Waals surface area contributed by atoms with Crippen molar-refractivity contribution in [2.24, 2.45) is 5.92 Å². The molecule has 0 aromatic carbocycles. The maximum Gasteiger partial charge on any atom is 0.102 e. The van der Waals surface area contributed by atoms with Crippen LogP contribution in [0.1, 0.15) is 52.4 Å². The standard InChI is InChI=1S/C17H30O3/c1-13-10-11-15(18)8-6-4-5-7-9-16(20-3)17(19)14(2)12-13/h7,9,12,14-19H,4-6,8,10-11H2,1-3H3/t14-,15?,16+,17+/m1/s1. The monoisotopic (exact) mass is 282 g/mol. The Labute approximate surface area is 123 Å². The molecular formula is C17H30O3. The van der Waals surface area contributed by atoms with Crippen LogP contribution in [0.3, 0.4) is 0 Å². The lowest BCUT2D eigenvalue weighted by molar-refractivity contribution is -0.00190. The number of aliphatic hydroxyl groups is 2. The normalized spacial score (nSPS) is 34.4. The quantitative estimate of drug-likeness (QED) is 0.726. The predicted octanol–water partition coefficient (Wildman–Crippen LogP) is 3.22. The molecule has 0 aromatic rings. The second-order valence-electron chi connectivity index (χ2n) is 5.97. The van der Waals surface area contributed by atoms with Gasteiger partial charge >= 0.3 is 0 Å². The molecule has 1 aliphatic carbocycles. The van der Waals surface area contributed by atoms with Crippen molar-refractivity contribution in [2.45, 2.75) is 70.7 Å². The number of methoxy groups -OCH3 is 1.